The second-order valence-corrected chi connectivity index (χ2v) is 9.46. The summed E-state index contributed by atoms with van der Waals surface area (Å²) in [6, 6.07) is 10.5. The summed E-state index contributed by atoms with van der Waals surface area (Å²) in [6.07, 6.45) is 2.75. The summed E-state index contributed by atoms with van der Waals surface area (Å²) < 4.78 is 11.6. The van der Waals surface area contributed by atoms with E-state index in [9.17, 15) is 4.79 Å². The van der Waals surface area contributed by atoms with Crippen molar-refractivity contribution in [3.05, 3.63) is 57.6 Å². The fourth-order valence-corrected chi connectivity index (χ4v) is 4.66. The second-order valence-electron chi connectivity index (χ2n) is 8.62. The van der Waals surface area contributed by atoms with Crippen LogP contribution in [0.2, 0.25) is 10.0 Å². The number of hydrogen-bond acceptors (Lipinski definition) is 6. The van der Waals surface area contributed by atoms with E-state index in [1.807, 2.05) is 6.07 Å². The van der Waals surface area contributed by atoms with Crippen molar-refractivity contribution in [2.24, 2.45) is 5.73 Å². The summed E-state index contributed by atoms with van der Waals surface area (Å²) in [5.41, 5.74) is 7.70. The molecule has 2 aliphatic rings. The van der Waals surface area contributed by atoms with E-state index in [1.54, 1.807) is 30.3 Å². The van der Waals surface area contributed by atoms with Crippen molar-refractivity contribution in [1.82, 2.24) is 4.90 Å². The number of likely N-dealkylation sites (tertiary alicyclic amines) is 1. The SMILES string of the molecule is CC(=O)O.N=C(N)c1ccc(N2CC(COc3c(Cl)cc(Cl)cc3CN3CCCCC3)OC2=O)cc1. The monoisotopic (exact) mass is 536 g/mol. The predicted molar refractivity (Wildman–Crippen MR) is 139 cm³/mol. The highest BCUT2D eigenvalue weighted by Crippen LogP contribution is 2.34. The first kappa shape index (κ1) is 27.6. The van der Waals surface area contributed by atoms with Crippen LogP contribution in [0.3, 0.4) is 0 Å². The van der Waals surface area contributed by atoms with Gasteiger partial charge in [0, 0.05) is 35.3 Å². The van der Waals surface area contributed by atoms with Gasteiger partial charge in [0.2, 0.25) is 0 Å². The predicted octanol–water partition coefficient (Wildman–Crippen LogP) is 4.76. The zero-order valence-corrected chi connectivity index (χ0v) is 21.5. The highest BCUT2D eigenvalue weighted by molar-refractivity contribution is 6.35. The molecule has 36 heavy (non-hydrogen) atoms. The number of benzene rings is 2. The molecule has 194 valence electrons. The number of anilines is 1. The lowest BCUT2D eigenvalue weighted by Gasteiger charge is -2.27. The van der Waals surface area contributed by atoms with Gasteiger partial charge in [-0.1, -0.05) is 29.6 Å². The Morgan fingerprint density at radius 2 is 1.83 bits per heavy atom. The number of rotatable bonds is 7. The number of nitrogens with two attached hydrogens (primary N) is 1. The number of halogens is 2. The van der Waals surface area contributed by atoms with Gasteiger partial charge >= 0.3 is 6.09 Å². The number of nitrogen functional groups attached to an aromatic ring is 1. The van der Waals surface area contributed by atoms with E-state index in [4.69, 9.17) is 53.7 Å². The van der Waals surface area contributed by atoms with E-state index in [0.29, 0.717) is 40.1 Å². The number of carboxylic acid groups (broad SMARTS) is 1. The third-order valence-electron chi connectivity index (χ3n) is 5.71. The van der Waals surface area contributed by atoms with E-state index >= 15 is 0 Å². The number of hydrogen-bond donors (Lipinski definition) is 3. The Morgan fingerprint density at radius 3 is 2.44 bits per heavy atom. The van der Waals surface area contributed by atoms with Crippen LogP contribution in [0.15, 0.2) is 36.4 Å². The van der Waals surface area contributed by atoms with E-state index in [0.717, 1.165) is 25.6 Å². The Bertz CT molecular complexity index is 1090. The fourth-order valence-electron chi connectivity index (χ4n) is 4.07. The molecular weight excluding hydrogens is 507 g/mol. The number of cyclic esters (lactones) is 1. The van der Waals surface area contributed by atoms with Gasteiger partial charge in [0.25, 0.3) is 5.97 Å². The lowest BCUT2D eigenvalue weighted by Crippen LogP contribution is -2.29. The molecule has 9 nitrogen and oxygen atoms in total. The van der Waals surface area contributed by atoms with Crippen molar-refractivity contribution in [2.45, 2.75) is 38.8 Å². The average molecular weight is 537 g/mol. The quantitative estimate of drug-likeness (QED) is 0.343. The number of nitrogens with zero attached hydrogens (tertiary/aromatic N) is 2. The highest BCUT2D eigenvalue weighted by Gasteiger charge is 2.33. The van der Waals surface area contributed by atoms with Gasteiger partial charge in [-0.2, -0.15) is 0 Å². The van der Waals surface area contributed by atoms with Gasteiger partial charge in [-0.15, -0.1) is 0 Å². The van der Waals surface area contributed by atoms with Gasteiger partial charge < -0.3 is 20.3 Å². The Hall–Kier alpha value is -3.01. The molecule has 0 spiro atoms. The first-order valence-corrected chi connectivity index (χ1v) is 12.3. The number of carbonyl (C=O) groups is 2. The lowest BCUT2D eigenvalue weighted by molar-refractivity contribution is -0.134. The summed E-state index contributed by atoms with van der Waals surface area (Å²) in [7, 11) is 0. The van der Waals surface area contributed by atoms with E-state index in [1.165, 1.54) is 24.2 Å². The molecule has 0 bridgehead atoms. The third kappa shape index (κ3) is 7.74. The third-order valence-corrected chi connectivity index (χ3v) is 6.20. The van der Waals surface area contributed by atoms with E-state index < -0.39 is 18.2 Å². The molecule has 0 radical (unpaired) electrons. The molecule has 2 aliphatic heterocycles. The number of ether oxygens (including phenoxy) is 2. The molecule has 4 rings (SSSR count). The number of piperidine rings is 1. The largest absolute Gasteiger partial charge is 0.488 e. The molecule has 11 heteroatoms. The second kappa shape index (κ2) is 12.8. The van der Waals surface area contributed by atoms with Crippen molar-refractivity contribution < 1.29 is 24.2 Å². The molecule has 4 N–H and O–H groups in total. The first-order valence-electron chi connectivity index (χ1n) is 11.6. The number of amidine groups is 1. The number of carbonyl (C=O) groups excluding carboxylic acids is 1. The van der Waals surface area contributed by atoms with Gasteiger partial charge in [-0.3, -0.25) is 20.0 Å². The Labute approximate surface area is 220 Å². The van der Waals surface area contributed by atoms with Crippen LogP contribution in [0, 0.1) is 5.41 Å². The lowest BCUT2D eigenvalue weighted by atomic mass is 10.1. The van der Waals surface area contributed by atoms with Crippen LogP contribution in [0.1, 0.15) is 37.3 Å². The van der Waals surface area contributed by atoms with Crippen LogP contribution in [-0.2, 0) is 16.1 Å². The van der Waals surface area contributed by atoms with Crippen LogP contribution < -0.4 is 15.4 Å². The fraction of sp³-hybridized carbons (Fsp3) is 0.400. The Balaban J connectivity index is 0.000000840. The molecular formula is C25H30Cl2N4O5. The molecule has 2 aromatic rings. The standard InChI is InChI=1S/C23H26Cl2N4O3.C2H4O2/c24-17-10-16(12-28-8-2-1-3-9-28)21(20(25)11-17)31-14-19-13-29(23(30)32-19)18-6-4-15(5-7-18)22(26)27;1-2(3)4/h4-7,10-11,19H,1-3,8-9,12-14H2,(H3,26,27);1H3,(H,3,4). The number of carboxylic acids is 1. The van der Waals surface area contributed by atoms with Crippen LogP contribution in [0.5, 0.6) is 5.75 Å². The molecule has 1 amide bonds. The van der Waals surface area contributed by atoms with Crippen molar-refractivity contribution in [3.63, 3.8) is 0 Å². The van der Waals surface area contributed by atoms with Crippen LogP contribution in [-0.4, -0.2) is 60.2 Å². The number of amides is 1. The highest BCUT2D eigenvalue weighted by atomic mass is 35.5. The molecule has 2 aromatic carbocycles. The molecule has 1 unspecified atom stereocenters. The molecule has 0 aliphatic carbocycles. The molecule has 2 heterocycles. The summed E-state index contributed by atoms with van der Waals surface area (Å²) in [5.74, 6) is -0.269. The first-order chi connectivity index (χ1) is 17.1. The summed E-state index contributed by atoms with van der Waals surface area (Å²) in [6.45, 7) is 4.42. The zero-order valence-electron chi connectivity index (χ0n) is 20.0. The van der Waals surface area contributed by atoms with Crippen LogP contribution in [0.25, 0.3) is 0 Å². The van der Waals surface area contributed by atoms with Crippen molar-refractivity contribution in [2.75, 3.05) is 31.1 Å². The van der Waals surface area contributed by atoms with Crippen molar-refractivity contribution >= 4 is 46.8 Å². The van der Waals surface area contributed by atoms with Gasteiger partial charge in [0.05, 0.1) is 11.6 Å². The zero-order chi connectivity index (χ0) is 26.2. The Kier molecular flexibility index (Phi) is 9.81. The van der Waals surface area contributed by atoms with Crippen LogP contribution >= 0.6 is 23.2 Å². The van der Waals surface area contributed by atoms with Gasteiger partial charge in [-0.05, 0) is 62.3 Å². The molecule has 2 fully saturated rings. The van der Waals surface area contributed by atoms with Crippen molar-refractivity contribution in [3.8, 4) is 5.75 Å². The minimum Gasteiger partial charge on any atom is -0.488 e. The minimum absolute atomic E-state index is 0.0213. The number of aliphatic carboxylic acids is 1. The smallest absolute Gasteiger partial charge is 0.414 e. The maximum absolute atomic E-state index is 12.4. The van der Waals surface area contributed by atoms with Gasteiger partial charge in [0.15, 0.2) is 6.10 Å². The van der Waals surface area contributed by atoms with Gasteiger partial charge in [0.1, 0.15) is 18.2 Å². The maximum atomic E-state index is 12.4. The molecule has 1 atom stereocenters. The minimum atomic E-state index is -0.833. The van der Waals surface area contributed by atoms with E-state index in [-0.39, 0.29) is 12.4 Å². The van der Waals surface area contributed by atoms with E-state index in [2.05, 4.69) is 4.90 Å². The maximum Gasteiger partial charge on any atom is 0.414 e. The summed E-state index contributed by atoms with van der Waals surface area (Å²) >= 11 is 12.7. The Morgan fingerprint density at radius 1 is 1.19 bits per heavy atom. The summed E-state index contributed by atoms with van der Waals surface area (Å²) in [4.78, 5) is 25.3. The molecule has 2 saturated heterocycles. The van der Waals surface area contributed by atoms with Crippen LogP contribution in [0.4, 0.5) is 10.5 Å². The van der Waals surface area contributed by atoms with Crippen molar-refractivity contribution in [1.29, 1.82) is 5.41 Å². The summed E-state index contributed by atoms with van der Waals surface area (Å²) in [5, 5.41) is 15.9. The normalized spacial score (nSPS) is 17.7. The molecule has 0 aromatic heterocycles. The topological polar surface area (TPSA) is 129 Å². The molecule has 0 saturated carbocycles. The van der Waals surface area contributed by atoms with Gasteiger partial charge in [-0.25, -0.2) is 4.79 Å². The number of nitrogens with one attached hydrogen (secondary N) is 1. The average Bonchev–Trinajstić information content (AvgIpc) is 3.19.